The van der Waals surface area contributed by atoms with E-state index in [1.54, 1.807) is 17.8 Å². The van der Waals surface area contributed by atoms with Gasteiger partial charge >= 0.3 is 0 Å². The molecule has 1 aromatic carbocycles. The van der Waals surface area contributed by atoms with Crippen LogP contribution in [0.4, 0.5) is 5.82 Å². The van der Waals surface area contributed by atoms with Crippen molar-refractivity contribution in [1.29, 1.82) is 0 Å². The topological polar surface area (TPSA) is 112 Å². The largest absolute Gasteiger partial charge is 0.383 e. The summed E-state index contributed by atoms with van der Waals surface area (Å²) in [4.78, 5) is 29.8. The predicted octanol–water partition coefficient (Wildman–Crippen LogP) is 4.21. The van der Waals surface area contributed by atoms with Gasteiger partial charge in [-0.1, -0.05) is 12.1 Å². The quantitative estimate of drug-likeness (QED) is 0.369. The van der Waals surface area contributed by atoms with E-state index in [0.29, 0.717) is 27.8 Å². The molecule has 0 unspecified atom stereocenters. The van der Waals surface area contributed by atoms with Crippen LogP contribution in [0.25, 0.3) is 28.2 Å². The van der Waals surface area contributed by atoms with Crippen molar-refractivity contribution < 1.29 is 4.79 Å². The number of imidazole rings is 1. The van der Waals surface area contributed by atoms with Crippen molar-refractivity contribution in [2.75, 3.05) is 5.73 Å². The Morgan fingerprint density at radius 3 is 2.59 bits per heavy atom. The van der Waals surface area contributed by atoms with E-state index in [1.807, 2.05) is 53.1 Å². The molecule has 8 nitrogen and oxygen atoms in total. The smallest absolute Gasteiger partial charge is 0.271 e. The fourth-order valence-corrected chi connectivity index (χ4v) is 4.33. The van der Waals surface area contributed by atoms with Crippen molar-refractivity contribution in [3.05, 3.63) is 81.5 Å². The molecule has 0 spiro atoms. The first-order chi connectivity index (χ1) is 15.6. The van der Waals surface area contributed by atoms with E-state index < -0.39 is 0 Å². The van der Waals surface area contributed by atoms with Gasteiger partial charge in [-0.2, -0.15) is 0 Å². The summed E-state index contributed by atoms with van der Waals surface area (Å²) in [6, 6.07) is 15.3. The summed E-state index contributed by atoms with van der Waals surface area (Å²) in [5.41, 5.74) is 10.6. The lowest BCUT2D eigenvalue weighted by Gasteiger charge is -2.11. The SMILES string of the molecule is Nc1ncccc1-c1nc2cccnc2n1-c1ccc(CNC(=O)c2csc(Br)n2)cc1. The lowest BCUT2D eigenvalue weighted by Crippen LogP contribution is -2.23. The third-order valence-electron chi connectivity index (χ3n) is 4.85. The summed E-state index contributed by atoms with van der Waals surface area (Å²) < 4.78 is 2.64. The lowest BCUT2D eigenvalue weighted by atomic mass is 10.2. The molecule has 0 saturated carbocycles. The fraction of sp³-hybridized carbons (Fsp3) is 0.0455. The molecule has 0 radical (unpaired) electrons. The first-order valence-corrected chi connectivity index (χ1v) is 11.3. The number of amides is 1. The van der Waals surface area contributed by atoms with Gasteiger partial charge in [0.1, 0.15) is 17.0 Å². The number of fused-ring (bicyclic) bond motifs is 1. The van der Waals surface area contributed by atoms with Crippen LogP contribution >= 0.6 is 27.3 Å². The molecule has 32 heavy (non-hydrogen) atoms. The molecule has 3 N–H and O–H groups in total. The third-order valence-corrected chi connectivity index (χ3v) is 6.22. The summed E-state index contributed by atoms with van der Waals surface area (Å²) in [6.07, 6.45) is 3.38. The van der Waals surface area contributed by atoms with E-state index in [0.717, 1.165) is 28.0 Å². The number of carbonyl (C=O) groups is 1. The van der Waals surface area contributed by atoms with Gasteiger partial charge in [0.2, 0.25) is 0 Å². The summed E-state index contributed by atoms with van der Waals surface area (Å²) in [6.45, 7) is 0.388. The number of hydrogen-bond donors (Lipinski definition) is 2. The van der Waals surface area contributed by atoms with Crippen LogP contribution in [-0.4, -0.2) is 30.4 Å². The first kappa shape index (κ1) is 20.3. The van der Waals surface area contributed by atoms with Crippen molar-refractivity contribution in [2.45, 2.75) is 6.54 Å². The number of nitrogens with zero attached hydrogens (tertiary/aromatic N) is 5. The Kier molecular flexibility index (Phi) is 5.38. The highest BCUT2D eigenvalue weighted by Gasteiger charge is 2.17. The number of anilines is 1. The molecule has 5 aromatic rings. The molecule has 0 aliphatic heterocycles. The number of nitrogens with one attached hydrogen (secondary N) is 1. The molecule has 0 bridgehead atoms. The van der Waals surface area contributed by atoms with Crippen molar-refractivity contribution in [3.8, 4) is 17.1 Å². The molecule has 4 aromatic heterocycles. The molecule has 10 heteroatoms. The zero-order chi connectivity index (χ0) is 22.1. The van der Waals surface area contributed by atoms with E-state index in [1.165, 1.54) is 11.3 Å². The maximum atomic E-state index is 12.2. The maximum absolute atomic E-state index is 12.2. The highest BCUT2D eigenvalue weighted by atomic mass is 79.9. The summed E-state index contributed by atoms with van der Waals surface area (Å²) in [7, 11) is 0. The van der Waals surface area contributed by atoms with Crippen LogP contribution < -0.4 is 11.1 Å². The number of thiazole rings is 1. The van der Waals surface area contributed by atoms with Gasteiger partial charge in [-0.25, -0.2) is 19.9 Å². The lowest BCUT2D eigenvalue weighted by molar-refractivity contribution is 0.0946. The molecule has 0 fully saturated rings. The van der Waals surface area contributed by atoms with Gasteiger partial charge in [-0.15, -0.1) is 11.3 Å². The minimum absolute atomic E-state index is 0.213. The van der Waals surface area contributed by atoms with E-state index in [-0.39, 0.29) is 5.91 Å². The van der Waals surface area contributed by atoms with Crippen LogP contribution in [0, 0.1) is 0 Å². The molecule has 0 atom stereocenters. The normalized spacial score (nSPS) is 11.0. The number of carbonyl (C=O) groups excluding carboxylic acids is 1. The number of pyridine rings is 2. The zero-order valence-electron chi connectivity index (χ0n) is 16.6. The van der Waals surface area contributed by atoms with E-state index in [4.69, 9.17) is 10.7 Å². The van der Waals surface area contributed by atoms with Crippen LogP contribution in [0.1, 0.15) is 16.1 Å². The second kappa shape index (κ2) is 8.48. The predicted molar refractivity (Wildman–Crippen MR) is 127 cm³/mol. The molecule has 5 rings (SSSR count). The van der Waals surface area contributed by atoms with Gasteiger partial charge in [-0.3, -0.25) is 9.36 Å². The number of benzene rings is 1. The Labute approximate surface area is 195 Å². The molecule has 4 heterocycles. The van der Waals surface area contributed by atoms with Crippen LogP contribution in [-0.2, 0) is 6.54 Å². The summed E-state index contributed by atoms with van der Waals surface area (Å²) in [5, 5.41) is 4.60. The van der Waals surface area contributed by atoms with Gasteiger partial charge in [-0.05, 0) is 57.9 Å². The minimum atomic E-state index is -0.213. The van der Waals surface area contributed by atoms with Crippen molar-refractivity contribution in [3.63, 3.8) is 0 Å². The number of aromatic nitrogens is 5. The second-order valence-corrected chi connectivity index (χ2v) is 9.02. The van der Waals surface area contributed by atoms with Crippen LogP contribution in [0.3, 0.4) is 0 Å². The Morgan fingerprint density at radius 2 is 1.84 bits per heavy atom. The molecular formula is C22H16BrN7OS. The Balaban J connectivity index is 1.46. The van der Waals surface area contributed by atoms with Crippen molar-refractivity contribution >= 4 is 50.2 Å². The highest BCUT2D eigenvalue weighted by molar-refractivity contribution is 9.11. The van der Waals surface area contributed by atoms with E-state index in [2.05, 4.69) is 36.2 Å². The van der Waals surface area contributed by atoms with Crippen LogP contribution in [0.15, 0.2) is 70.2 Å². The number of hydrogen-bond acceptors (Lipinski definition) is 7. The minimum Gasteiger partial charge on any atom is -0.383 e. The average Bonchev–Trinajstić information content (AvgIpc) is 3.42. The highest BCUT2D eigenvalue weighted by Crippen LogP contribution is 2.30. The monoisotopic (exact) mass is 505 g/mol. The van der Waals surface area contributed by atoms with Gasteiger partial charge in [0.15, 0.2) is 15.4 Å². The number of nitrogens with two attached hydrogens (primary N) is 1. The zero-order valence-corrected chi connectivity index (χ0v) is 19.0. The van der Waals surface area contributed by atoms with Crippen molar-refractivity contribution in [1.82, 2.24) is 29.8 Å². The summed E-state index contributed by atoms with van der Waals surface area (Å²) in [5.74, 6) is 0.853. The Morgan fingerprint density at radius 1 is 1.06 bits per heavy atom. The van der Waals surface area contributed by atoms with Crippen molar-refractivity contribution in [2.24, 2.45) is 0 Å². The Hall–Kier alpha value is -3.63. The molecule has 0 saturated heterocycles. The number of nitrogen functional groups attached to an aromatic ring is 1. The van der Waals surface area contributed by atoms with Gasteiger partial charge < -0.3 is 11.1 Å². The van der Waals surface area contributed by atoms with E-state index >= 15 is 0 Å². The molecular weight excluding hydrogens is 490 g/mol. The second-order valence-electron chi connectivity index (χ2n) is 6.89. The maximum Gasteiger partial charge on any atom is 0.271 e. The average molecular weight is 506 g/mol. The van der Waals surface area contributed by atoms with E-state index in [9.17, 15) is 4.79 Å². The molecule has 0 aliphatic rings. The fourth-order valence-electron chi connectivity index (χ4n) is 3.34. The number of rotatable bonds is 5. The van der Waals surface area contributed by atoms with Gasteiger partial charge in [0, 0.05) is 30.0 Å². The standard InChI is InChI=1S/C22H16BrN7OS/c23-22-29-17(12-32-22)21(31)27-11-13-5-7-14(8-6-13)30-19(15-3-1-9-25-18(15)24)28-16-4-2-10-26-20(16)30/h1-10,12H,11H2,(H2,24,25)(H,27,31). The van der Waals surface area contributed by atoms with Gasteiger partial charge in [0.25, 0.3) is 5.91 Å². The summed E-state index contributed by atoms with van der Waals surface area (Å²) >= 11 is 4.64. The number of halogens is 1. The van der Waals surface area contributed by atoms with Gasteiger partial charge in [0.05, 0.1) is 5.56 Å². The third kappa shape index (κ3) is 3.85. The first-order valence-electron chi connectivity index (χ1n) is 9.63. The molecule has 0 aliphatic carbocycles. The Bertz CT molecular complexity index is 1430. The van der Waals surface area contributed by atoms with Crippen LogP contribution in [0.5, 0.6) is 0 Å². The van der Waals surface area contributed by atoms with Crippen LogP contribution in [0.2, 0.25) is 0 Å². The molecule has 1 amide bonds. The molecule has 158 valence electrons.